The maximum absolute atomic E-state index is 12.4. The van der Waals surface area contributed by atoms with Crippen molar-refractivity contribution in [3.8, 4) is 0 Å². The molecular formula is C15H16N2O5S. The van der Waals surface area contributed by atoms with E-state index in [1.807, 2.05) is 0 Å². The first kappa shape index (κ1) is 17.0. The van der Waals surface area contributed by atoms with Gasteiger partial charge in [-0.15, -0.1) is 11.8 Å². The van der Waals surface area contributed by atoms with E-state index in [0.29, 0.717) is 5.69 Å². The number of rotatable bonds is 6. The predicted octanol–water partition coefficient (Wildman–Crippen LogP) is 0.641. The van der Waals surface area contributed by atoms with E-state index in [-0.39, 0.29) is 24.0 Å². The summed E-state index contributed by atoms with van der Waals surface area (Å²) in [7, 11) is 0. The molecule has 1 aliphatic heterocycles. The molecule has 1 heterocycles. The first-order valence-electron chi connectivity index (χ1n) is 6.93. The molecule has 2 N–H and O–H groups in total. The zero-order valence-electron chi connectivity index (χ0n) is 12.4. The molecule has 0 saturated carbocycles. The quantitative estimate of drug-likeness (QED) is 0.739. The van der Waals surface area contributed by atoms with Gasteiger partial charge in [0.1, 0.15) is 6.04 Å². The summed E-state index contributed by atoms with van der Waals surface area (Å²) in [5, 5.41) is 10.7. The Bertz CT molecular complexity index is 634. The van der Waals surface area contributed by atoms with E-state index in [2.05, 4.69) is 5.32 Å². The molecule has 23 heavy (non-hydrogen) atoms. The molecule has 122 valence electrons. The minimum atomic E-state index is -1.18. The third-order valence-electron chi connectivity index (χ3n) is 3.26. The summed E-state index contributed by atoms with van der Waals surface area (Å²) in [6.07, 6.45) is 0.0187. The van der Waals surface area contributed by atoms with Crippen LogP contribution in [0.2, 0.25) is 0 Å². The molecule has 0 spiro atoms. The Morgan fingerprint density at radius 2 is 2.00 bits per heavy atom. The van der Waals surface area contributed by atoms with Crippen molar-refractivity contribution in [1.82, 2.24) is 5.32 Å². The Morgan fingerprint density at radius 1 is 1.35 bits per heavy atom. The molecule has 8 heteroatoms. The van der Waals surface area contributed by atoms with Crippen LogP contribution < -0.4 is 10.2 Å². The number of carbonyl (C=O) groups excluding carboxylic acids is 3. The highest BCUT2D eigenvalue weighted by Gasteiger charge is 2.40. The molecule has 0 radical (unpaired) electrons. The molecule has 1 aromatic rings. The smallest absolute Gasteiger partial charge is 0.327 e. The zero-order chi connectivity index (χ0) is 17.0. The number of amides is 3. The number of hydrogen-bond acceptors (Lipinski definition) is 5. The SMILES string of the molecule is CC(=O)N[C@H](CS[C@H]1CC(=O)N(c2ccccc2)C1=O)C(=O)O. The monoisotopic (exact) mass is 336 g/mol. The fraction of sp³-hybridized carbons (Fsp3) is 0.333. The van der Waals surface area contributed by atoms with Gasteiger partial charge >= 0.3 is 5.97 Å². The van der Waals surface area contributed by atoms with Gasteiger partial charge in [-0.1, -0.05) is 18.2 Å². The number of nitrogens with zero attached hydrogens (tertiary/aromatic N) is 1. The number of nitrogens with one attached hydrogen (secondary N) is 1. The van der Waals surface area contributed by atoms with Crippen LogP contribution in [0.15, 0.2) is 30.3 Å². The van der Waals surface area contributed by atoms with Gasteiger partial charge in [0.2, 0.25) is 17.7 Å². The van der Waals surface area contributed by atoms with E-state index in [9.17, 15) is 19.2 Å². The molecule has 0 unspecified atom stereocenters. The summed E-state index contributed by atoms with van der Waals surface area (Å²) in [6, 6.07) is 7.49. The minimum absolute atomic E-state index is 0.0151. The van der Waals surface area contributed by atoms with Gasteiger partial charge in [0.05, 0.1) is 10.9 Å². The molecule has 1 saturated heterocycles. The largest absolute Gasteiger partial charge is 0.480 e. The van der Waals surface area contributed by atoms with E-state index in [1.165, 1.54) is 6.92 Å². The number of benzene rings is 1. The van der Waals surface area contributed by atoms with E-state index < -0.39 is 23.2 Å². The van der Waals surface area contributed by atoms with Crippen molar-refractivity contribution in [3.05, 3.63) is 30.3 Å². The average Bonchev–Trinajstić information content (AvgIpc) is 2.78. The van der Waals surface area contributed by atoms with Gasteiger partial charge in [0, 0.05) is 19.1 Å². The van der Waals surface area contributed by atoms with Crippen LogP contribution in [0.25, 0.3) is 0 Å². The third kappa shape index (κ3) is 4.10. The van der Waals surface area contributed by atoms with Gasteiger partial charge in [-0.2, -0.15) is 0 Å². The lowest BCUT2D eigenvalue weighted by atomic mass is 10.3. The van der Waals surface area contributed by atoms with Crippen molar-refractivity contribution in [2.75, 3.05) is 10.7 Å². The van der Waals surface area contributed by atoms with Gasteiger partial charge in [-0.25, -0.2) is 9.69 Å². The fourth-order valence-electron chi connectivity index (χ4n) is 2.22. The normalized spacial score (nSPS) is 18.8. The maximum atomic E-state index is 12.4. The Kier molecular flexibility index (Phi) is 5.38. The van der Waals surface area contributed by atoms with Crippen molar-refractivity contribution in [2.45, 2.75) is 24.6 Å². The highest BCUT2D eigenvalue weighted by atomic mass is 32.2. The molecule has 2 rings (SSSR count). The second kappa shape index (κ2) is 7.28. The summed E-state index contributed by atoms with van der Waals surface area (Å²) in [6.45, 7) is 1.22. The van der Waals surface area contributed by atoms with Crippen LogP contribution >= 0.6 is 11.8 Å². The lowest BCUT2D eigenvalue weighted by Crippen LogP contribution is -2.42. The number of imide groups is 1. The number of thioether (sulfide) groups is 1. The topological polar surface area (TPSA) is 104 Å². The summed E-state index contributed by atoms with van der Waals surface area (Å²) >= 11 is 1.07. The second-order valence-corrected chi connectivity index (χ2v) is 6.26. The lowest BCUT2D eigenvalue weighted by molar-refractivity contribution is -0.140. The van der Waals surface area contributed by atoms with Crippen molar-refractivity contribution in [2.24, 2.45) is 0 Å². The highest BCUT2D eigenvalue weighted by molar-refractivity contribution is 8.00. The van der Waals surface area contributed by atoms with Crippen LogP contribution in [0, 0.1) is 0 Å². The average molecular weight is 336 g/mol. The third-order valence-corrected chi connectivity index (χ3v) is 4.56. The van der Waals surface area contributed by atoms with Crippen molar-refractivity contribution < 1.29 is 24.3 Å². The predicted molar refractivity (Wildman–Crippen MR) is 85.0 cm³/mol. The van der Waals surface area contributed by atoms with E-state index in [4.69, 9.17) is 5.11 Å². The molecule has 1 fully saturated rings. The van der Waals surface area contributed by atoms with Gasteiger partial charge in [-0.05, 0) is 12.1 Å². The van der Waals surface area contributed by atoms with E-state index >= 15 is 0 Å². The molecule has 0 aromatic heterocycles. The van der Waals surface area contributed by atoms with Crippen LogP contribution in [-0.4, -0.2) is 45.8 Å². The number of carboxylic acids is 1. The number of anilines is 1. The molecule has 1 aliphatic rings. The standard InChI is InChI=1S/C15H16N2O5S/c1-9(18)16-11(15(21)22)8-23-12-7-13(19)17(14(12)20)10-5-3-2-4-6-10/h2-6,11-12H,7-8H2,1H3,(H,16,18)(H,21,22)/t11-,12+/m1/s1. The van der Waals surface area contributed by atoms with E-state index in [0.717, 1.165) is 16.7 Å². The molecule has 7 nitrogen and oxygen atoms in total. The van der Waals surface area contributed by atoms with Gasteiger partial charge in [0.25, 0.3) is 0 Å². The molecule has 2 atom stereocenters. The van der Waals surface area contributed by atoms with Crippen LogP contribution in [0.3, 0.4) is 0 Å². The zero-order valence-corrected chi connectivity index (χ0v) is 13.2. The Morgan fingerprint density at radius 3 is 2.57 bits per heavy atom. The second-order valence-electron chi connectivity index (χ2n) is 5.02. The molecular weight excluding hydrogens is 320 g/mol. The maximum Gasteiger partial charge on any atom is 0.327 e. The number of carbonyl (C=O) groups is 4. The molecule has 3 amide bonds. The Hall–Kier alpha value is -2.35. The summed E-state index contributed by atoms with van der Waals surface area (Å²) in [5.74, 6) is -2.30. The van der Waals surface area contributed by atoms with Gasteiger partial charge in [0.15, 0.2) is 0 Å². The van der Waals surface area contributed by atoms with Crippen molar-refractivity contribution in [3.63, 3.8) is 0 Å². The Labute approximate surface area is 137 Å². The van der Waals surface area contributed by atoms with Crippen molar-refractivity contribution >= 4 is 41.1 Å². The summed E-state index contributed by atoms with van der Waals surface area (Å²) in [5.41, 5.74) is 0.502. The van der Waals surface area contributed by atoms with Gasteiger partial charge < -0.3 is 10.4 Å². The first-order valence-corrected chi connectivity index (χ1v) is 7.98. The molecule has 0 aliphatic carbocycles. The molecule has 1 aromatic carbocycles. The summed E-state index contributed by atoms with van der Waals surface area (Å²) in [4.78, 5) is 47.6. The number of carboxylic acid groups (broad SMARTS) is 1. The van der Waals surface area contributed by atoms with Crippen LogP contribution in [-0.2, 0) is 19.2 Å². The van der Waals surface area contributed by atoms with Gasteiger partial charge in [-0.3, -0.25) is 14.4 Å². The Balaban J connectivity index is 2.02. The van der Waals surface area contributed by atoms with Crippen molar-refractivity contribution in [1.29, 1.82) is 0 Å². The lowest BCUT2D eigenvalue weighted by Gasteiger charge is -2.16. The summed E-state index contributed by atoms with van der Waals surface area (Å²) < 4.78 is 0. The number of hydrogen-bond donors (Lipinski definition) is 2. The van der Waals surface area contributed by atoms with E-state index in [1.54, 1.807) is 30.3 Å². The van der Waals surface area contributed by atoms with Crippen LogP contribution in [0.1, 0.15) is 13.3 Å². The first-order chi connectivity index (χ1) is 10.9. The molecule has 0 bridgehead atoms. The van der Waals surface area contributed by atoms with Crippen LogP contribution in [0.4, 0.5) is 5.69 Å². The number of para-hydroxylation sites is 1. The highest BCUT2D eigenvalue weighted by Crippen LogP contribution is 2.29. The van der Waals surface area contributed by atoms with Crippen LogP contribution in [0.5, 0.6) is 0 Å². The number of aliphatic carboxylic acids is 1. The fourth-order valence-corrected chi connectivity index (χ4v) is 3.37. The minimum Gasteiger partial charge on any atom is -0.480 e.